The zero-order valence-electron chi connectivity index (χ0n) is 13.4. The first-order valence-electron chi connectivity index (χ1n) is 7.38. The number of methoxy groups -OCH3 is 1. The normalized spacial score (nSPS) is 9.59. The number of aromatic nitrogens is 2. The van der Waals surface area contributed by atoms with E-state index in [0.29, 0.717) is 23.5 Å². The highest BCUT2D eigenvalue weighted by Crippen LogP contribution is 2.21. The number of hydrogen-bond acceptors (Lipinski definition) is 4. The summed E-state index contributed by atoms with van der Waals surface area (Å²) in [7, 11) is 1.53. The van der Waals surface area contributed by atoms with Gasteiger partial charge in [0.1, 0.15) is 5.75 Å². The van der Waals surface area contributed by atoms with Gasteiger partial charge in [0.15, 0.2) is 0 Å². The van der Waals surface area contributed by atoms with Crippen molar-refractivity contribution in [3.8, 4) is 5.75 Å². The average molecular weight is 304 g/mol. The summed E-state index contributed by atoms with van der Waals surface area (Å²) in [5.74, 6) is 0.380. The summed E-state index contributed by atoms with van der Waals surface area (Å²) in [6, 6.07) is 4.99. The number of nitrogens with zero attached hydrogens (tertiary/aromatic N) is 2. The summed E-state index contributed by atoms with van der Waals surface area (Å²) in [5, 5.41) is 2.86. The maximum absolute atomic E-state index is 12.0. The summed E-state index contributed by atoms with van der Waals surface area (Å²) in [6.07, 6.45) is 6.23. The molecule has 22 heavy (non-hydrogen) atoms. The molecule has 0 saturated carbocycles. The number of amides is 1. The first-order chi connectivity index (χ1) is 10.7. The summed E-state index contributed by atoms with van der Waals surface area (Å²) in [6.45, 7) is 5.43. The molecule has 6 nitrogen and oxygen atoms in total. The van der Waals surface area contributed by atoms with Gasteiger partial charge >= 0.3 is 0 Å². The van der Waals surface area contributed by atoms with Crippen molar-refractivity contribution in [3.05, 3.63) is 42.5 Å². The number of ether oxygens (including phenoxy) is 1. The van der Waals surface area contributed by atoms with Gasteiger partial charge in [-0.2, -0.15) is 0 Å². The van der Waals surface area contributed by atoms with Gasteiger partial charge in [0, 0.05) is 31.0 Å². The average Bonchev–Trinajstić information content (AvgIpc) is 3.07. The molecule has 1 aromatic carbocycles. The Balaban J connectivity index is 0.00000116. The highest BCUT2D eigenvalue weighted by molar-refractivity contribution is 5.95. The fourth-order valence-corrected chi connectivity index (χ4v) is 1.84. The van der Waals surface area contributed by atoms with Crippen LogP contribution in [0.2, 0.25) is 0 Å². The maximum atomic E-state index is 12.0. The molecule has 6 heteroatoms. The van der Waals surface area contributed by atoms with Gasteiger partial charge in [-0.1, -0.05) is 13.8 Å². The molecule has 2 rings (SSSR count). The van der Waals surface area contributed by atoms with Crippen molar-refractivity contribution in [2.45, 2.75) is 26.8 Å². The highest BCUT2D eigenvalue weighted by Gasteiger charge is 2.08. The van der Waals surface area contributed by atoms with Crippen LogP contribution in [0.25, 0.3) is 0 Å². The van der Waals surface area contributed by atoms with E-state index >= 15 is 0 Å². The molecule has 1 heterocycles. The van der Waals surface area contributed by atoms with Gasteiger partial charge in [-0.25, -0.2) is 4.98 Å². The number of imidazole rings is 1. The molecule has 0 aliphatic heterocycles. The lowest BCUT2D eigenvalue weighted by Crippen LogP contribution is -2.25. The number of carbonyl (C=O) groups is 1. The number of hydrogen-bond donors (Lipinski definition) is 2. The van der Waals surface area contributed by atoms with Crippen LogP contribution in [0.1, 0.15) is 30.6 Å². The SMILES string of the molecule is CC.COc1cc(C(=O)NCCCn2ccnc2)ccc1N. The third-order valence-corrected chi connectivity index (χ3v) is 2.93. The van der Waals surface area contributed by atoms with E-state index in [-0.39, 0.29) is 5.91 Å². The second-order valence-electron chi connectivity index (χ2n) is 4.37. The molecule has 1 amide bonds. The van der Waals surface area contributed by atoms with Gasteiger partial charge in [0.05, 0.1) is 19.1 Å². The summed E-state index contributed by atoms with van der Waals surface area (Å²) < 4.78 is 7.07. The molecule has 0 fully saturated rings. The van der Waals surface area contributed by atoms with E-state index in [0.717, 1.165) is 13.0 Å². The molecule has 0 radical (unpaired) electrons. The van der Waals surface area contributed by atoms with E-state index in [1.807, 2.05) is 24.6 Å². The number of rotatable bonds is 6. The lowest BCUT2D eigenvalue weighted by Gasteiger charge is -2.08. The number of anilines is 1. The van der Waals surface area contributed by atoms with Gasteiger partial charge in [0.2, 0.25) is 0 Å². The quantitative estimate of drug-likeness (QED) is 0.634. The smallest absolute Gasteiger partial charge is 0.251 e. The molecule has 0 spiro atoms. The van der Waals surface area contributed by atoms with Gasteiger partial charge in [-0.05, 0) is 24.6 Å². The number of benzene rings is 1. The van der Waals surface area contributed by atoms with Crippen LogP contribution in [0.5, 0.6) is 5.75 Å². The van der Waals surface area contributed by atoms with E-state index in [1.54, 1.807) is 30.7 Å². The number of aryl methyl sites for hydroxylation is 1. The van der Waals surface area contributed by atoms with Crippen molar-refractivity contribution >= 4 is 11.6 Å². The lowest BCUT2D eigenvalue weighted by molar-refractivity contribution is 0.0952. The van der Waals surface area contributed by atoms with Crippen LogP contribution in [0.15, 0.2) is 36.9 Å². The minimum atomic E-state index is -0.131. The third kappa shape index (κ3) is 5.12. The minimum Gasteiger partial charge on any atom is -0.495 e. The predicted molar refractivity (Wildman–Crippen MR) is 87.9 cm³/mol. The van der Waals surface area contributed by atoms with Crippen molar-refractivity contribution in [2.24, 2.45) is 0 Å². The van der Waals surface area contributed by atoms with Crippen LogP contribution < -0.4 is 15.8 Å². The van der Waals surface area contributed by atoms with E-state index in [4.69, 9.17) is 10.5 Å². The van der Waals surface area contributed by atoms with E-state index in [9.17, 15) is 4.79 Å². The Hall–Kier alpha value is -2.50. The second kappa shape index (κ2) is 9.44. The Labute approximate surface area is 131 Å². The van der Waals surface area contributed by atoms with Crippen LogP contribution >= 0.6 is 0 Å². The van der Waals surface area contributed by atoms with Crippen molar-refractivity contribution in [3.63, 3.8) is 0 Å². The molecule has 0 unspecified atom stereocenters. The molecule has 0 atom stereocenters. The highest BCUT2D eigenvalue weighted by atomic mass is 16.5. The van der Waals surface area contributed by atoms with Crippen LogP contribution in [-0.4, -0.2) is 29.1 Å². The molecule has 0 saturated heterocycles. The maximum Gasteiger partial charge on any atom is 0.251 e. The summed E-state index contributed by atoms with van der Waals surface area (Å²) in [4.78, 5) is 15.9. The summed E-state index contributed by atoms with van der Waals surface area (Å²) >= 11 is 0. The Morgan fingerprint density at radius 3 is 2.82 bits per heavy atom. The predicted octanol–water partition coefficient (Wildman–Crippen LogP) is 2.32. The molecule has 0 aliphatic carbocycles. The number of carbonyl (C=O) groups excluding carboxylic acids is 1. The lowest BCUT2D eigenvalue weighted by atomic mass is 10.1. The molecular weight excluding hydrogens is 280 g/mol. The Kier molecular flexibility index (Phi) is 7.53. The van der Waals surface area contributed by atoms with E-state index in [2.05, 4.69) is 10.3 Å². The summed E-state index contributed by atoms with van der Waals surface area (Å²) in [5.41, 5.74) is 6.77. The van der Waals surface area contributed by atoms with Crippen LogP contribution in [0, 0.1) is 0 Å². The van der Waals surface area contributed by atoms with Crippen LogP contribution in [-0.2, 0) is 6.54 Å². The van der Waals surface area contributed by atoms with Gasteiger partial charge in [-0.3, -0.25) is 4.79 Å². The largest absolute Gasteiger partial charge is 0.495 e. The zero-order valence-corrected chi connectivity index (χ0v) is 13.4. The van der Waals surface area contributed by atoms with Crippen molar-refractivity contribution in [1.29, 1.82) is 0 Å². The van der Waals surface area contributed by atoms with Crippen LogP contribution in [0.3, 0.4) is 0 Å². The third-order valence-electron chi connectivity index (χ3n) is 2.93. The van der Waals surface area contributed by atoms with Gasteiger partial charge in [0.25, 0.3) is 5.91 Å². The fourth-order valence-electron chi connectivity index (χ4n) is 1.84. The molecule has 2 aromatic rings. The topological polar surface area (TPSA) is 82.2 Å². The first-order valence-corrected chi connectivity index (χ1v) is 7.38. The van der Waals surface area contributed by atoms with E-state index < -0.39 is 0 Å². The van der Waals surface area contributed by atoms with Crippen LogP contribution in [0.4, 0.5) is 5.69 Å². The molecule has 1 aromatic heterocycles. The monoisotopic (exact) mass is 304 g/mol. The number of nitrogens with one attached hydrogen (secondary N) is 1. The number of nitrogens with two attached hydrogens (primary N) is 1. The zero-order chi connectivity index (χ0) is 16.4. The molecule has 3 N–H and O–H groups in total. The second-order valence-corrected chi connectivity index (χ2v) is 4.37. The van der Waals surface area contributed by atoms with Crippen molar-refractivity contribution in [2.75, 3.05) is 19.4 Å². The van der Waals surface area contributed by atoms with E-state index in [1.165, 1.54) is 7.11 Å². The molecule has 120 valence electrons. The Bertz CT molecular complexity index is 568. The first kappa shape index (κ1) is 17.6. The Morgan fingerprint density at radius 1 is 1.41 bits per heavy atom. The standard InChI is InChI=1S/C14H18N4O2.C2H6/c1-20-13-9-11(3-4-12(13)15)14(19)17-5-2-7-18-8-6-16-10-18;1-2/h3-4,6,8-10H,2,5,7,15H2,1H3,(H,17,19);1-2H3. The molecule has 0 aliphatic rings. The fraction of sp³-hybridized carbons (Fsp3) is 0.375. The number of nitrogen functional groups attached to an aromatic ring is 1. The van der Waals surface area contributed by atoms with Gasteiger partial charge in [-0.15, -0.1) is 0 Å². The van der Waals surface area contributed by atoms with Crippen molar-refractivity contribution in [1.82, 2.24) is 14.9 Å². The molecular formula is C16H24N4O2. The minimum absolute atomic E-state index is 0.131. The Morgan fingerprint density at radius 2 is 2.18 bits per heavy atom. The van der Waals surface area contributed by atoms with Crippen molar-refractivity contribution < 1.29 is 9.53 Å². The van der Waals surface area contributed by atoms with Gasteiger partial charge < -0.3 is 20.4 Å². The molecule has 0 bridgehead atoms.